The van der Waals surface area contributed by atoms with Crippen molar-refractivity contribution in [1.82, 2.24) is 15.5 Å². The van der Waals surface area contributed by atoms with E-state index in [9.17, 15) is 5.26 Å². The van der Waals surface area contributed by atoms with Gasteiger partial charge in [-0.15, -0.1) is 0 Å². The number of hydrogen-bond acceptors (Lipinski definition) is 4. The topological polar surface area (TPSA) is 51.1 Å². The van der Waals surface area contributed by atoms with Crippen molar-refractivity contribution >= 4 is 0 Å². The van der Waals surface area contributed by atoms with E-state index in [2.05, 4.69) is 34.7 Å². The molecular formula is C16H24N4. The van der Waals surface area contributed by atoms with E-state index in [0.29, 0.717) is 0 Å². The highest BCUT2D eigenvalue weighted by atomic mass is 15.1. The maximum Gasteiger partial charge on any atom is 0.0998 e. The Hall–Kier alpha value is -1.41. The standard InChI is InChI=1S/C16H24N4/c1-20-9-3-7-18-12-14-5-2-6-15(16(14)11-17)13-19-8-4-10-20/h2,5-6,18-19H,3-4,7-10,12-13H2,1H3. The minimum atomic E-state index is 0.778. The number of nitrogens with zero attached hydrogens (tertiary/aromatic N) is 2. The highest BCUT2D eigenvalue weighted by Crippen LogP contribution is 2.14. The van der Waals surface area contributed by atoms with E-state index in [1.807, 2.05) is 12.1 Å². The van der Waals surface area contributed by atoms with Gasteiger partial charge in [0.2, 0.25) is 0 Å². The Morgan fingerprint density at radius 2 is 1.60 bits per heavy atom. The van der Waals surface area contributed by atoms with Crippen LogP contribution >= 0.6 is 0 Å². The predicted molar refractivity (Wildman–Crippen MR) is 81.3 cm³/mol. The molecule has 0 spiro atoms. The molecule has 4 nitrogen and oxygen atoms in total. The van der Waals surface area contributed by atoms with Gasteiger partial charge in [0.05, 0.1) is 11.6 Å². The fourth-order valence-electron chi connectivity index (χ4n) is 2.60. The Bertz CT molecular complexity index is 432. The van der Waals surface area contributed by atoms with Crippen molar-refractivity contribution in [1.29, 1.82) is 5.26 Å². The van der Waals surface area contributed by atoms with Gasteiger partial charge in [-0.25, -0.2) is 0 Å². The predicted octanol–water partition coefficient (Wildman–Crippen LogP) is 1.46. The molecule has 0 unspecified atom stereocenters. The van der Waals surface area contributed by atoms with E-state index in [1.54, 1.807) is 0 Å². The number of fused-ring (bicyclic) bond motifs is 2. The minimum absolute atomic E-state index is 0.778. The molecule has 1 aromatic carbocycles. The fraction of sp³-hybridized carbons (Fsp3) is 0.562. The molecule has 0 amide bonds. The van der Waals surface area contributed by atoms with E-state index in [-0.39, 0.29) is 0 Å². The SMILES string of the molecule is CN1CCCNCc2cccc(c2C#N)CNCCC1. The summed E-state index contributed by atoms with van der Waals surface area (Å²) in [6.07, 6.45) is 2.29. The van der Waals surface area contributed by atoms with E-state index in [1.165, 1.54) is 0 Å². The maximum atomic E-state index is 9.39. The molecule has 0 saturated carbocycles. The summed E-state index contributed by atoms with van der Waals surface area (Å²) in [4.78, 5) is 2.38. The lowest BCUT2D eigenvalue weighted by atomic mass is 10.0. The van der Waals surface area contributed by atoms with Crippen LogP contribution in [0.3, 0.4) is 0 Å². The third-order valence-electron chi connectivity index (χ3n) is 3.77. The molecule has 0 aliphatic carbocycles. The Labute approximate surface area is 121 Å². The highest BCUT2D eigenvalue weighted by molar-refractivity contribution is 5.44. The van der Waals surface area contributed by atoms with Gasteiger partial charge >= 0.3 is 0 Å². The molecule has 2 N–H and O–H groups in total. The second kappa shape index (κ2) is 8.01. The lowest BCUT2D eigenvalue weighted by Crippen LogP contribution is -2.28. The van der Waals surface area contributed by atoms with Crippen molar-refractivity contribution in [2.45, 2.75) is 25.9 Å². The molecule has 4 heteroatoms. The van der Waals surface area contributed by atoms with Crippen LogP contribution in [-0.2, 0) is 13.1 Å². The first-order chi connectivity index (χ1) is 9.81. The second-order valence-corrected chi connectivity index (χ2v) is 5.43. The summed E-state index contributed by atoms with van der Waals surface area (Å²) < 4.78 is 0. The Balaban J connectivity index is 2.08. The lowest BCUT2D eigenvalue weighted by Gasteiger charge is -2.18. The first-order valence-electron chi connectivity index (χ1n) is 7.42. The molecule has 108 valence electrons. The van der Waals surface area contributed by atoms with Crippen LogP contribution in [0.4, 0.5) is 0 Å². The van der Waals surface area contributed by atoms with Crippen LogP contribution in [0.15, 0.2) is 18.2 Å². The molecule has 0 fully saturated rings. The molecule has 1 aromatic rings. The molecular weight excluding hydrogens is 248 g/mol. The Morgan fingerprint density at radius 3 is 2.10 bits per heavy atom. The maximum absolute atomic E-state index is 9.39. The van der Waals surface area contributed by atoms with Gasteiger partial charge in [0, 0.05) is 13.1 Å². The smallest absolute Gasteiger partial charge is 0.0998 e. The molecule has 0 aromatic heterocycles. The normalized spacial score (nSPS) is 19.0. The summed E-state index contributed by atoms with van der Waals surface area (Å²) in [5.74, 6) is 0. The lowest BCUT2D eigenvalue weighted by molar-refractivity contribution is 0.319. The van der Waals surface area contributed by atoms with E-state index in [0.717, 1.165) is 68.8 Å². The molecule has 0 saturated heterocycles. The quantitative estimate of drug-likeness (QED) is 0.751. The summed E-state index contributed by atoms with van der Waals surface area (Å²) in [7, 11) is 2.18. The summed E-state index contributed by atoms with van der Waals surface area (Å²) in [5, 5.41) is 16.3. The van der Waals surface area contributed by atoms with Crippen LogP contribution in [0.25, 0.3) is 0 Å². The monoisotopic (exact) mass is 272 g/mol. The number of rotatable bonds is 0. The molecule has 1 aliphatic rings. The van der Waals surface area contributed by atoms with Crippen molar-refractivity contribution in [2.24, 2.45) is 0 Å². The number of nitriles is 1. The number of nitrogens with one attached hydrogen (secondary N) is 2. The van der Waals surface area contributed by atoms with E-state index < -0.39 is 0 Å². The zero-order valence-electron chi connectivity index (χ0n) is 12.3. The second-order valence-electron chi connectivity index (χ2n) is 5.43. The largest absolute Gasteiger partial charge is 0.313 e. The molecule has 1 heterocycles. The van der Waals surface area contributed by atoms with Crippen molar-refractivity contribution in [3.8, 4) is 6.07 Å². The van der Waals surface area contributed by atoms with Crippen LogP contribution in [0.1, 0.15) is 29.5 Å². The average molecular weight is 272 g/mol. The van der Waals surface area contributed by atoms with Gasteiger partial charge < -0.3 is 15.5 Å². The van der Waals surface area contributed by atoms with Gasteiger partial charge in [0.15, 0.2) is 0 Å². The summed E-state index contributed by atoms with van der Waals surface area (Å²) >= 11 is 0. The minimum Gasteiger partial charge on any atom is -0.313 e. The van der Waals surface area contributed by atoms with Crippen LogP contribution in [-0.4, -0.2) is 38.1 Å². The van der Waals surface area contributed by atoms with Gasteiger partial charge in [-0.1, -0.05) is 18.2 Å². The van der Waals surface area contributed by atoms with Gasteiger partial charge in [-0.05, 0) is 57.2 Å². The van der Waals surface area contributed by atoms with E-state index in [4.69, 9.17) is 0 Å². The third kappa shape index (κ3) is 4.31. The van der Waals surface area contributed by atoms with Gasteiger partial charge in [-0.3, -0.25) is 0 Å². The molecule has 2 rings (SSSR count). The van der Waals surface area contributed by atoms with Crippen LogP contribution < -0.4 is 10.6 Å². The summed E-state index contributed by atoms with van der Waals surface area (Å²) in [6, 6.07) is 8.51. The zero-order valence-corrected chi connectivity index (χ0v) is 12.3. The van der Waals surface area contributed by atoms with Crippen molar-refractivity contribution in [2.75, 3.05) is 33.2 Å². The fourth-order valence-corrected chi connectivity index (χ4v) is 2.60. The van der Waals surface area contributed by atoms with Crippen molar-refractivity contribution < 1.29 is 0 Å². The molecule has 0 radical (unpaired) electrons. The first kappa shape index (κ1) is 15.0. The molecule has 2 bridgehead atoms. The summed E-state index contributed by atoms with van der Waals surface area (Å²) in [5.41, 5.74) is 3.05. The van der Waals surface area contributed by atoms with E-state index >= 15 is 0 Å². The zero-order chi connectivity index (χ0) is 14.2. The third-order valence-corrected chi connectivity index (χ3v) is 3.77. The van der Waals surface area contributed by atoms with Crippen LogP contribution in [0, 0.1) is 11.3 Å². The molecule has 20 heavy (non-hydrogen) atoms. The average Bonchev–Trinajstić information content (AvgIpc) is 2.46. The van der Waals surface area contributed by atoms with Crippen molar-refractivity contribution in [3.05, 3.63) is 34.9 Å². The van der Waals surface area contributed by atoms with Gasteiger partial charge in [0.25, 0.3) is 0 Å². The first-order valence-corrected chi connectivity index (χ1v) is 7.42. The Kier molecular flexibility index (Phi) is 6.00. The molecule has 1 aliphatic heterocycles. The number of benzene rings is 1. The Morgan fingerprint density at radius 1 is 1.05 bits per heavy atom. The summed E-state index contributed by atoms with van der Waals surface area (Å²) in [6.45, 7) is 5.80. The van der Waals surface area contributed by atoms with Crippen molar-refractivity contribution in [3.63, 3.8) is 0 Å². The van der Waals surface area contributed by atoms with Crippen LogP contribution in [0.2, 0.25) is 0 Å². The van der Waals surface area contributed by atoms with Crippen LogP contribution in [0.5, 0.6) is 0 Å². The van der Waals surface area contributed by atoms with Gasteiger partial charge in [0.1, 0.15) is 0 Å². The highest BCUT2D eigenvalue weighted by Gasteiger charge is 2.08. The van der Waals surface area contributed by atoms with Gasteiger partial charge in [-0.2, -0.15) is 5.26 Å². The molecule has 0 atom stereocenters. The number of hydrogen-bond donors (Lipinski definition) is 2.